The van der Waals surface area contributed by atoms with Gasteiger partial charge in [-0.25, -0.2) is 9.59 Å². The first kappa shape index (κ1) is 21.2. The molecule has 0 saturated carbocycles. The lowest BCUT2D eigenvalue weighted by molar-refractivity contribution is -0.134. The van der Waals surface area contributed by atoms with Crippen molar-refractivity contribution in [2.75, 3.05) is 46.9 Å². The first-order chi connectivity index (χ1) is 14.9. The minimum atomic E-state index is -0.260. The molecule has 1 aliphatic heterocycles. The van der Waals surface area contributed by atoms with Gasteiger partial charge in [-0.1, -0.05) is 0 Å². The molecular formula is C23H29N3O5. The number of nitrogens with zero attached hydrogens (tertiary/aromatic N) is 3. The second-order valence-corrected chi connectivity index (χ2v) is 8.45. The van der Waals surface area contributed by atoms with E-state index in [1.54, 1.807) is 28.8 Å². The molecule has 166 valence electrons. The van der Waals surface area contributed by atoms with Crippen molar-refractivity contribution in [3.63, 3.8) is 0 Å². The van der Waals surface area contributed by atoms with Crippen LogP contribution < -0.4 is 10.4 Å². The van der Waals surface area contributed by atoms with Gasteiger partial charge in [-0.15, -0.1) is 0 Å². The highest BCUT2D eigenvalue weighted by Gasteiger charge is 2.25. The molecule has 1 aliphatic carbocycles. The van der Waals surface area contributed by atoms with Crippen LogP contribution >= 0.6 is 0 Å². The number of urea groups is 1. The molecule has 0 N–H and O–H groups in total. The van der Waals surface area contributed by atoms with E-state index in [9.17, 15) is 14.4 Å². The first-order valence-electron chi connectivity index (χ1n) is 10.8. The van der Waals surface area contributed by atoms with Crippen LogP contribution in [0.25, 0.3) is 11.0 Å². The smallest absolute Gasteiger partial charge is 0.339 e. The second-order valence-electron chi connectivity index (χ2n) is 8.45. The Bertz CT molecular complexity index is 1070. The largest absolute Gasteiger partial charge is 0.483 e. The average molecular weight is 428 g/mol. The molecule has 1 aromatic heterocycles. The Hall–Kier alpha value is -3.03. The number of benzene rings is 1. The molecule has 0 spiro atoms. The summed E-state index contributed by atoms with van der Waals surface area (Å²) in [6.45, 7) is 3.75. The molecule has 0 bridgehead atoms. The predicted octanol–water partition coefficient (Wildman–Crippen LogP) is 2.18. The highest BCUT2D eigenvalue weighted by Crippen LogP contribution is 2.32. The Morgan fingerprint density at radius 3 is 2.35 bits per heavy atom. The van der Waals surface area contributed by atoms with Gasteiger partial charge >= 0.3 is 11.7 Å². The molecular weight excluding hydrogens is 398 g/mol. The summed E-state index contributed by atoms with van der Waals surface area (Å²) in [4.78, 5) is 42.1. The summed E-state index contributed by atoms with van der Waals surface area (Å²) < 4.78 is 11.5. The molecule has 2 aromatic rings. The zero-order valence-corrected chi connectivity index (χ0v) is 18.4. The number of carbonyl (C=O) groups excluding carboxylic acids is 2. The van der Waals surface area contributed by atoms with Crippen LogP contribution in [0, 0.1) is 6.92 Å². The van der Waals surface area contributed by atoms with Gasteiger partial charge in [0.25, 0.3) is 5.91 Å². The third-order valence-corrected chi connectivity index (χ3v) is 6.23. The van der Waals surface area contributed by atoms with Crippen molar-refractivity contribution in [2.24, 2.45) is 0 Å². The van der Waals surface area contributed by atoms with Crippen molar-refractivity contribution in [1.82, 2.24) is 14.7 Å². The molecule has 1 aromatic carbocycles. The lowest BCUT2D eigenvalue weighted by Crippen LogP contribution is -2.53. The van der Waals surface area contributed by atoms with Gasteiger partial charge in [-0.2, -0.15) is 0 Å². The molecule has 8 heteroatoms. The van der Waals surface area contributed by atoms with Crippen molar-refractivity contribution in [2.45, 2.75) is 32.6 Å². The minimum Gasteiger partial charge on any atom is -0.483 e. The Morgan fingerprint density at radius 2 is 1.68 bits per heavy atom. The number of aryl methyl sites for hydroxylation is 2. The van der Waals surface area contributed by atoms with Gasteiger partial charge in [0.2, 0.25) is 0 Å². The molecule has 8 nitrogen and oxygen atoms in total. The third kappa shape index (κ3) is 4.11. The number of fused-ring (bicyclic) bond motifs is 3. The zero-order chi connectivity index (χ0) is 22.1. The zero-order valence-electron chi connectivity index (χ0n) is 18.4. The van der Waals surface area contributed by atoms with Gasteiger partial charge in [0.15, 0.2) is 6.61 Å². The Kier molecular flexibility index (Phi) is 5.89. The second kappa shape index (κ2) is 8.61. The number of piperazine rings is 1. The van der Waals surface area contributed by atoms with Crippen LogP contribution in [0.5, 0.6) is 5.75 Å². The standard InChI is InChI=1S/C23H29N3O5/c1-15-19(9-8-17-16-6-4-5-7-18(16)22(28)31-21(15)17)30-14-20(27)25-10-12-26(13-11-25)23(29)24(2)3/h8-9H,4-7,10-14H2,1-3H3. The number of ether oxygens (including phenoxy) is 1. The molecule has 1 fully saturated rings. The van der Waals surface area contributed by atoms with Crippen LogP contribution in [0.2, 0.25) is 0 Å². The number of hydrogen-bond acceptors (Lipinski definition) is 5. The van der Waals surface area contributed by atoms with Crippen molar-refractivity contribution in [3.05, 3.63) is 39.2 Å². The van der Waals surface area contributed by atoms with Crippen molar-refractivity contribution >= 4 is 22.9 Å². The Labute approximate surface area is 181 Å². The van der Waals surface area contributed by atoms with E-state index in [2.05, 4.69) is 0 Å². The number of rotatable bonds is 3. The van der Waals surface area contributed by atoms with E-state index in [1.807, 2.05) is 19.1 Å². The van der Waals surface area contributed by atoms with E-state index < -0.39 is 0 Å². The molecule has 0 atom stereocenters. The summed E-state index contributed by atoms with van der Waals surface area (Å²) in [5.74, 6) is 0.421. The third-order valence-electron chi connectivity index (χ3n) is 6.23. The molecule has 4 rings (SSSR count). The average Bonchev–Trinajstić information content (AvgIpc) is 2.78. The van der Waals surface area contributed by atoms with Gasteiger partial charge < -0.3 is 23.9 Å². The number of hydrogen-bond donors (Lipinski definition) is 0. The molecule has 0 unspecified atom stereocenters. The van der Waals surface area contributed by atoms with E-state index in [0.29, 0.717) is 37.5 Å². The molecule has 31 heavy (non-hydrogen) atoms. The highest BCUT2D eigenvalue weighted by molar-refractivity contribution is 5.86. The Balaban J connectivity index is 1.44. The summed E-state index contributed by atoms with van der Waals surface area (Å²) in [7, 11) is 3.44. The van der Waals surface area contributed by atoms with Crippen LogP contribution in [-0.4, -0.2) is 73.5 Å². The molecule has 1 saturated heterocycles. The Morgan fingerprint density at radius 1 is 1.03 bits per heavy atom. The van der Waals surface area contributed by atoms with Crippen LogP contribution in [-0.2, 0) is 17.6 Å². The molecule has 2 heterocycles. The lowest BCUT2D eigenvalue weighted by atomic mass is 9.90. The quantitative estimate of drug-likeness (QED) is 0.701. The number of amides is 3. The summed E-state index contributed by atoms with van der Waals surface area (Å²) in [5.41, 5.74) is 2.91. The van der Waals surface area contributed by atoms with Crippen LogP contribution in [0.15, 0.2) is 21.3 Å². The van der Waals surface area contributed by atoms with E-state index in [4.69, 9.17) is 9.15 Å². The van der Waals surface area contributed by atoms with E-state index in [-0.39, 0.29) is 24.2 Å². The SMILES string of the molecule is Cc1c(OCC(=O)N2CCN(C(=O)N(C)C)CC2)ccc2c3c(c(=O)oc12)CCCC3. The van der Waals surface area contributed by atoms with Crippen molar-refractivity contribution < 1.29 is 18.7 Å². The van der Waals surface area contributed by atoms with E-state index >= 15 is 0 Å². The monoisotopic (exact) mass is 427 g/mol. The van der Waals surface area contributed by atoms with Gasteiger partial charge in [0.05, 0.1) is 0 Å². The minimum absolute atomic E-state index is 0.0428. The fraction of sp³-hybridized carbons (Fsp3) is 0.522. The van der Waals surface area contributed by atoms with E-state index in [0.717, 1.165) is 47.8 Å². The summed E-state index contributed by atoms with van der Waals surface area (Å²) in [6.07, 6.45) is 3.75. The fourth-order valence-corrected chi connectivity index (χ4v) is 4.44. The van der Waals surface area contributed by atoms with Gasteiger partial charge in [-0.05, 0) is 50.3 Å². The summed E-state index contributed by atoms with van der Waals surface area (Å²) in [6, 6.07) is 3.74. The van der Waals surface area contributed by atoms with Crippen molar-refractivity contribution in [1.29, 1.82) is 0 Å². The van der Waals surface area contributed by atoms with Crippen LogP contribution in [0.4, 0.5) is 4.79 Å². The molecule has 3 amide bonds. The van der Waals surface area contributed by atoms with Crippen LogP contribution in [0.1, 0.15) is 29.5 Å². The maximum Gasteiger partial charge on any atom is 0.339 e. The summed E-state index contributed by atoms with van der Waals surface area (Å²) in [5, 5.41) is 0.965. The first-order valence-corrected chi connectivity index (χ1v) is 10.8. The van der Waals surface area contributed by atoms with Gasteiger partial charge in [0, 0.05) is 56.8 Å². The molecule has 2 aliphatic rings. The topological polar surface area (TPSA) is 83.3 Å². The lowest BCUT2D eigenvalue weighted by Gasteiger charge is -2.35. The fourth-order valence-electron chi connectivity index (χ4n) is 4.44. The van der Waals surface area contributed by atoms with Crippen LogP contribution in [0.3, 0.4) is 0 Å². The number of carbonyl (C=O) groups is 2. The maximum atomic E-state index is 12.6. The highest BCUT2D eigenvalue weighted by atomic mass is 16.5. The van der Waals surface area contributed by atoms with Crippen molar-refractivity contribution in [3.8, 4) is 5.75 Å². The van der Waals surface area contributed by atoms with Gasteiger partial charge in [-0.3, -0.25) is 4.79 Å². The van der Waals surface area contributed by atoms with E-state index in [1.165, 1.54) is 0 Å². The predicted molar refractivity (Wildman–Crippen MR) is 117 cm³/mol. The maximum absolute atomic E-state index is 12.6. The normalized spacial score (nSPS) is 16.2. The summed E-state index contributed by atoms with van der Waals surface area (Å²) >= 11 is 0. The molecule has 0 radical (unpaired) electrons. The van der Waals surface area contributed by atoms with Gasteiger partial charge in [0.1, 0.15) is 11.3 Å².